The molecular formula is C24H29Cl2N3O8S. The van der Waals surface area contributed by atoms with Crippen molar-refractivity contribution in [1.29, 1.82) is 0 Å². The van der Waals surface area contributed by atoms with Gasteiger partial charge in [-0.3, -0.25) is 29.6 Å². The summed E-state index contributed by atoms with van der Waals surface area (Å²) in [6.45, 7) is 5.34. The summed E-state index contributed by atoms with van der Waals surface area (Å²) in [5.41, 5.74) is 5.11. The minimum absolute atomic E-state index is 0.138. The molecule has 0 aromatic heterocycles. The van der Waals surface area contributed by atoms with E-state index in [-0.39, 0.29) is 18.1 Å². The van der Waals surface area contributed by atoms with Gasteiger partial charge < -0.3 is 18.9 Å². The van der Waals surface area contributed by atoms with Crippen LogP contribution in [0.1, 0.15) is 40.5 Å². The summed E-state index contributed by atoms with van der Waals surface area (Å²) in [4.78, 5) is 49.2. The second-order valence-electron chi connectivity index (χ2n) is 8.54. The van der Waals surface area contributed by atoms with Crippen molar-refractivity contribution >= 4 is 58.7 Å². The fraction of sp³-hybridized carbons (Fsp3) is 0.500. The van der Waals surface area contributed by atoms with Gasteiger partial charge in [-0.2, -0.15) is 0 Å². The first-order valence-electron chi connectivity index (χ1n) is 11.8. The number of Topliss-reactive ketones (excluding diaryl/α,β-unsaturated/α-hetero) is 1. The molecule has 0 saturated carbocycles. The number of rotatable bonds is 10. The number of ether oxygens (including phenoxy) is 4. The third kappa shape index (κ3) is 7.76. The van der Waals surface area contributed by atoms with E-state index in [1.165, 1.54) is 43.7 Å². The van der Waals surface area contributed by atoms with Gasteiger partial charge in [-0.25, -0.2) is 0 Å². The maximum atomic E-state index is 12.5. The van der Waals surface area contributed by atoms with Gasteiger partial charge in [-0.05, 0) is 24.6 Å². The lowest BCUT2D eigenvalue weighted by Crippen LogP contribution is -2.67. The highest BCUT2D eigenvalue weighted by atomic mass is 35.5. The van der Waals surface area contributed by atoms with E-state index >= 15 is 0 Å². The predicted octanol–water partition coefficient (Wildman–Crippen LogP) is 3.14. The molecule has 0 radical (unpaired) electrons. The molecule has 11 nitrogen and oxygen atoms in total. The largest absolute Gasteiger partial charge is 0.463 e. The van der Waals surface area contributed by atoms with Gasteiger partial charge in [0, 0.05) is 38.3 Å². The zero-order valence-corrected chi connectivity index (χ0v) is 23.5. The minimum atomic E-state index is -1.08. The van der Waals surface area contributed by atoms with E-state index in [2.05, 4.69) is 11.0 Å². The number of hydrogen-bond donors (Lipinski definition) is 2. The minimum Gasteiger partial charge on any atom is -0.463 e. The third-order valence-corrected chi connectivity index (χ3v) is 7.38. The molecule has 0 aliphatic carbocycles. The first-order chi connectivity index (χ1) is 18.0. The third-order valence-electron chi connectivity index (χ3n) is 5.50. The average Bonchev–Trinajstić information content (AvgIpc) is 3.31. The molecule has 2 heterocycles. The van der Waals surface area contributed by atoms with Crippen molar-refractivity contribution in [3.63, 3.8) is 0 Å². The van der Waals surface area contributed by atoms with Gasteiger partial charge in [-0.15, -0.1) is 5.53 Å². The van der Waals surface area contributed by atoms with Crippen molar-refractivity contribution in [3.05, 3.63) is 40.1 Å². The summed E-state index contributed by atoms with van der Waals surface area (Å²) in [6.07, 6.45) is -0.582. The number of nitrogens with one attached hydrogen (secondary N) is 2. The van der Waals surface area contributed by atoms with Gasteiger partial charge in [0.2, 0.25) is 0 Å². The topological polar surface area (TPSA) is 133 Å². The molecular weight excluding hydrogens is 561 g/mol. The van der Waals surface area contributed by atoms with Gasteiger partial charge in [0.25, 0.3) is 0 Å². The molecule has 0 bridgehead atoms. The summed E-state index contributed by atoms with van der Waals surface area (Å²) < 4.78 is 22.8. The van der Waals surface area contributed by atoms with Gasteiger partial charge in [0.05, 0.1) is 10.0 Å². The average molecular weight is 590 g/mol. The molecule has 2 aliphatic rings. The number of ketones is 1. The van der Waals surface area contributed by atoms with Crippen LogP contribution in [-0.4, -0.2) is 65.1 Å². The van der Waals surface area contributed by atoms with Gasteiger partial charge in [0.1, 0.15) is 29.9 Å². The number of allylic oxidation sites excluding steroid dienone is 1. The number of carbonyl (C=O) groups excluding carboxylic acids is 4. The van der Waals surface area contributed by atoms with Crippen LogP contribution in [0.15, 0.2) is 35.0 Å². The summed E-state index contributed by atoms with van der Waals surface area (Å²) in [6, 6.07) is 4.06. The van der Waals surface area contributed by atoms with E-state index in [0.717, 1.165) is 0 Å². The first kappa shape index (κ1) is 30.0. The van der Waals surface area contributed by atoms with E-state index < -0.39 is 47.7 Å². The fourth-order valence-corrected chi connectivity index (χ4v) is 5.48. The smallest absolute Gasteiger partial charge is 0.303 e. The van der Waals surface area contributed by atoms with Crippen molar-refractivity contribution in [2.75, 3.05) is 6.61 Å². The summed E-state index contributed by atoms with van der Waals surface area (Å²) in [5.74, 6) is -1.94. The highest BCUT2D eigenvalue weighted by molar-refractivity contribution is 7.99. The lowest BCUT2D eigenvalue weighted by Gasteiger charge is -2.47. The number of benzene rings is 1. The molecule has 3 rings (SSSR count). The Morgan fingerprint density at radius 2 is 1.71 bits per heavy atom. The lowest BCUT2D eigenvalue weighted by atomic mass is 9.96. The zero-order chi connectivity index (χ0) is 28.0. The molecule has 1 fully saturated rings. The quantitative estimate of drug-likeness (QED) is 0.307. The van der Waals surface area contributed by atoms with Crippen LogP contribution in [0, 0.1) is 0 Å². The summed E-state index contributed by atoms with van der Waals surface area (Å²) in [7, 11) is 0. The van der Waals surface area contributed by atoms with Crippen molar-refractivity contribution in [2.45, 2.75) is 75.2 Å². The van der Waals surface area contributed by atoms with Gasteiger partial charge in [-0.1, -0.05) is 41.9 Å². The Labute approximate surface area is 234 Å². The van der Waals surface area contributed by atoms with Crippen molar-refractivity contribution in [2.24, 2.45) is 0 Å². The van der Waals surface area contributed by atoms with Crippen molar-refractivity contribution < 1.29 is 38.1 Å². The number of halogens is 2. The first-order valence-corrected chi connectivity index (χ1v) is 13.4. The Balaban J connectivity index is 2.06. The Morgan fingerprint density at radius 1 is 1.03 bits per heavy atom. The number of thioether (sulfide) groups is 1. The normalized spacial score (nSPS) is 24.7. The Morgan fingerprint density at radius 3 is 2.32 bits per heavy atom. The van der Waals surface area contributed by atoms with Crippen molar-refractivity contribution in [3.8, 4) is 0 Å². The van der Waals surface area contributed by atoms with Crippen LogP contribution < -0.4 is 11.0 Å². The highest BCUT2D eigenvalue weighted by Crippen LogP contribution is 2.39. The van der Waals surface area contributed by atoms with Crippen LogP contribution in [0.2, 0.25) is 10.0 Å². The van der Waals surface area contributed by atoms with Crippen LogP contribution in [0.5, 0.6) is 0 Å². The number of hydrazine groups is 2. The monoisotopic (exact) mass is 589 g/mol. The fourth-order valence-electron chi connectivity index (χ4n) is 3.97. The Kier molecular flexibility index (Phi) is 10.7. The second-order valence-corrected chi connectivity index (χ2v) is 10.5. The Hall–Kier alpha value is -2.51. The molecule has 2 aliphatic heterocycles. The van der Waals surface area contributed by atoms with Crippen LogP contribution in [-0.2, 0) is 38.1 Å². The molecule has 0 spiro atoms. The van der Waals surface area contributed by atoms with E-state index in [9.17, 15) is 19.2 Å². The highest BCUT2D eigenvalue weighted by Gasteiger charge is 2.53. The second kappa shape index (κ2) is 13.5. The molecule has 1 aromatic carbocycles. The summed E-state index contributed by atoms with van der Waals surface area (Å²) in [5, 5.41) is 2.17. The maximum absolute atomic E-state index is 12.5. The molecule has 2 N–H and O–H groups in total. The molecule has 2 unspecified atom stereocenters. The standard InChI is InChI=1S/C24H29Cl2N3O8S/c1-5-6-19(33)18-10-29(28-27-18)21-22(35-13(3)31)20(11-34-12(2)30)37-24(23(21)36-14(4)32)38-15-7-8-16(25)17(26)9-15/h7-10,20-24,27-28H,5-6,11H2,1-4H3/t20?,21-,22-,23?,24+/m0/s1. The van der Waals surface area contributed by atoms with E-state index in [1.54, 1.807) is 18.2 Å². The van der Waals surface area contributed by atoms with Gasteiger partial charge >= 0.3 is 17.9 Å². The van der Waals surface area contributed by atoms with Gasteiger partial charge in [0.15, 0.2) is 18.0 Å². The number of esters is 3. The lowest BCUT2D eigenvalue weighted by molar-refractivity contribution is -0.218. The van der Waals surface area contributed by atoms with Crippen LogP contribution in [0.4, 0.5) is 0 Å². The van der Waals surface area contributed by atoms with E-state index in [0.29, 0.717) is 27.8 Å². The molecule has 208 valence electrons. The maximum Gasteiger partial charge on any atom is 0.303 e. The van der Waals surface area contributed by atoms with Crippen molar-refractivity contribution in [1.82, 2.24) is 16.0 Å². The van der Waals surface area contributed by atoms with Crippen LogP contribution in [0.25, 0.3) is 0 Å². The van der Waals surface area contributed by atoms with E-state index in [1.807, 2.05) is 6.92 Å². The molecule has 14 heteroatoms. The molecule has 0 amide bonds. The molecule has 1 aromatic rings. The number of hydrogen-bond acceptors (Lipinski definition) is 12. The number of carbonyl (C=O) groups is 4. The summed E-state index contributed by atoms with van der Waals surface area (Å²) >= 11 is 13.4. The van der Waals surface area contributed by atoms with Crippen LogP contribution in [0.3, 0.4) is 0 Å². The van der Waals surface area contributed by atoms with Crippen LogP contribution >= 0.6 is 35.0 Å². The SMILES string of the molecule is CCCC(=O)C1=CN([C@@H]2C(OC(C)=O)[C@@H](Sc3ccc(Cl)c(Cl)c3)OC(COC(C)=O)[C@@H]2OC(C)=O)NN1. The number of nitrogens with zero attached hydrogens (tertiary/aromatic N) is 1. The molecule has 1 saturated heterocycles. The van der Waals surface area contributed by atoms with E-state index in [4.69, 9.17) is 42.1 Å². The predicted molar refractivity (Wildman–Crippen MR) is 139 cm³/mol. The Bertz CT molecular complexity index is 1100. The molecule has 5 atom stereocenters. The molecule has 38 heavy (non-hydrogen) atoms. The zero-order valence-electron chi connectivity index (χ0n) is 21.2.